The summed E-state index contributed by atoms with van der Waals surface area (Å²) in [5.41, 5.74) is 0. The van der Waals surface area contributed by atoms with E-state index in [0.29, 0.717) is 6.61 Å². The SMILES string of the molecule is OC1(N2CCNCC2)CCCO1. The number of aliphatic hydroxyl groups is 1. The number of rotatable bonds is 1. The Labute approximate surface area is 72.5 Å². The van der Waals surface area contributed by atoms with Crippen LogP contribution in [0.5, 0.6) is 0 Å². The molecule has 4 heteroatoms. The number of hydrogen-bond donors (Lipinski definition) is 2. The summed E-state index contributed by atoms with van der Waals surface area (Å²) in [6, 6.07) is 0. The van der Waals surface area contributed by atoms with Crippen molar-refractivity contribution < 1.29 is 9.84 Å². The highest BCUT2D eigenvalue weighted by Gasteiger charge is 2.39. The van der Waals surface area contributed by atoms with Gasteiger partial charge in [0.05, 0.1) is 6.61 Å². The molecule has 0 aromatic heterocycles. The molecule has 2 aliphatic heterocycles. The van der Waals surface area contributed by atoms with E-state index in [0.717, 1.165) is 39.0 Å². The summed E-state index contributed by atoms with van der Waals surface area (Å²) in [6.45, 7) is 4.37. The van der Waals surface area contributed by atoms with E-state index >= 15 is 0 Å². The minimum atomic E-state index is -0.942. The molecule has 4 nitrogen and oxygen atoms in total. The number of hydrogen-bond acceptors (Lipinski definition) is 4. The minimum Gasteiger partial charge on any atom is -0.353 e. The van der Waals surface area contributed by atoms with Crippen LogP contribution in [0.3, 0.4) is 0 Å². The molecule has 0 aromatic carbocycles. The lowest BCUT2D eigenvalue weighted by Gasteiger charge is -2.38. The van der Waals surface area contributed by atoms with E-state index < -0.39 is 5.91 Å². The van der Waals surface area contributed by atoms with Crippen molar-refractivity contribution in [2.24, 2.45) is 0 Å². The van der Waals surface area contributed by atoms with Gasteiger partial charge in [-0.05, 0) is 6.42 Å². The number of nitrogens with zero attached hydrogens (tertiary/aromatic N) is 1. The van der Waals surface area contributed by atoms with Crippen molar-refractivity contribution in [3.8, 4) is 0 Å². The molecule has 0 aliphatic carbocycles. The van der Waals surface area contributed by atoms with Crippen LogP contribution in [0.2, 0.25) is 0 Å². The van der Waals surface area contributed by atoms with Crippen molar-refractivity contribution in [2.45, 2.75) is 18.8 Å². The third-order valence-electron chi connectivity index (χ3n) is 2.59. The van der Waals surface area contributed by atoms with E-state index in [-0.39, 0.29) is 0 Å². The fourth-order valence-corrected chi connectivity index (χ4v) is 1.87. The highest BCUT2D eigenvalue weighted by Crippen LogP contribution is 2.26. The Morgan fingerprint density at radius 1 is 1.33 bits per heavy atom. The van der Waals surface area contributed by atoms with E-state index in [9.17, 15) is 5.11 Å². The Balaban J connectivity index is 1.96. The highest BCUT2D eigenvalue weighted by molar-refractivity contribution is 4.79. The molecular weight excluding hydrogens is 156 g/mol. The normalized spacial score (nSPS) is 38.8. The van der Waals surface area contributed by atoms with E-state index in [2.05, 4.69) is 5.32 Å². The summed E-state index contributed by atoms with van der Waals surface area (Å²) in [4.78, 5) is 2.02. The van der Waals surface area contributed by atoms with Crippen LogP contribution in [0, 0.1) is 0 Å². The first-order valence-corrected chi connectivity index (χ1v) is 4.63. The van der Waals surface area contributed by atoms with Crippen LogP contribution in [-0.4, -0.2) is 48.7 Å². The summed E-state index contributed by atoms with van der Waals surface area (Å²) in [5.74, 6) is -0.942. The average Bonchev–Trinajstić information content (AvgIpc) is 2.55. The third-order valence-corrected chi connectivity index (χ3v) is 2.59. The van der Waals surface area contributed by atoms with Crippen LogP contribution in [0.4, 0.5) is 0 Å². The molecule has 12 heavy (non-hydrogen) atoms. The van der Waals surface area contributed by atoms with Crippen molar-refractivity contribution in [2.75, 3.05) is 32.8 Å². The van der Waals surface area contributed by atoms with Gasteiger partial charge in [-0.2, -0.15) is 0 Å². The second-order valence-electron chi connectivity index (χ2n) is 3.43. The van der Waals surface area contributed by atoms with Gasteiger partial charge in [0.25, 0.3) is 0 Å². The van der Waals surface area contributed by atoms with Gasteiger partial charge in [-0.1, -0.05) is 0 Å². The maximum absolute atomic E-state index is 9.99. The molecule has 2 saturated heterocycles. The maximum atomic E-state index is 9.99. The molecule has 2 rings (SSSR count). The molecular formula is C8H16N2O2. The zero-order chi connectivity index (χ0) is 8.44. The molecule has 2 aliphatic rings. The predicted molar refractivity (Wildman–Crippen MR) is 44.6 cm³/mol. The summed E-state index contributed by atoms with van der Waals surface area (Å²) < 4.78 is 5.33. The lowest BCUT2D eigenvalue weighted by atomic mass is 10.2. The molecule has 0 radical (unpaired) electrons. The molecule has 1 atom stereocenters. The number of piperazine rings is 1. The average molecular weight is 172 g/mol. The van der Waals surface area contributed by atoms with Crippen molar-refractivity contribution in [3.05, 3.63) is 0 Å². The van der Waals surface area contributed by atoms with E-state index in [1.807, 2.05) is 4.90 Å². The molecule has 70 valence electrons. The summed E-state index contributed by atoms with van der Waals surface area (Å²) >= 11 is 0. The first-order chi connectivity index (χ1) is 5.81. The van der Waals surface area contributed by atoms with Gasteiger partial charge in [0.15, 0.2) is 0 Å². The second kappa shape index (κ2) is 3.30. The first kappa shape index (κ1) is 8.44. The Kier molecular flexibility index (Phi) is 2.32. The second-order valence-corrected chi connectivity index (χ2v) is 3.43. The third kappa shape index (κ3) is 1.47. The van der Waals surface area contributed by atoms with Crippen LogP contribution in [0.15, 0.2) is 0 Å². The van der Waals surface area contributed by atoms with Gasteiger partial charge in [-0.25, -0.2) is 0 Å². The van der Waals surface area contributed by atoms with Crippen LogP contribution in [0.1, 0.15) is 12.8 Å². The summed E-state index contributed by atoms with van der Waals surface area (Å²) in [7, 11) is 0. The van der Waals surface area contributed by atoms with Gasteiger partial charge >= 0.3 is 0 Å². The first-order valence-electron chi connectivity index (χ1n) is 4.63. The van der Waals surface area contributed by atoms with Crippen molar-refractivity contribution >= 4 is 0 Å². The van der Waals surface area contributed by atoms with E-state index in [1.54, 1.807) is 0 Å². The van der Waals surface area contributed by atoms with Crippen LogP contribution in [-0.2, 0) is 4.74 Å². The largest absolute Gasteiger partial charge is 0.353 e. The van der Waals surface area contributed by atoms with Gasteiger partial charge in [-0.15, -0.1) is 0 Å². The Morgan fingerprint density at radius 2 is 2.08 bits per heavy atom. The van der Waals surface area contributed by atoms with Crippen molar-refractivity contribution in [1.29, 1.82) is 0 Å². The molecule has 0 aromatic rings. The maximum Gasteiger partial charge on any atom is 0.227 e. The van der Waals surface area contributed by atoms with Crippen LogP contribution < -0.4 is 5.32 Å². The Morgan fingerprint density at radius 3 is 2.67 bits per heavy atom. The molecule has 0 amide bonds. The highest BCUT2D eigenvalue weighted by atomic mass is 16.7. The standard InChI is InChI=1S/C8H16N2O2/c11-8(2-1-7-12-8)10-5-3-9-4-6-10/h9,11H,1-7H2. The van der Waals surface area contributed by atoms with Gasteiger partial charge in [0.1, 0.15) is 0 Å². The molecule has 0 bridgehead atoms. The molecule has 2 fully saturated rings. The fourth-order valence-electron chi connectivity index (χ4n) is 1.87. The van der Waals surface area contributed by atoms with E-state index in [4.69, 9.17) is 4.74 Å². The van der Waals surface area contributed by atoms with Crippen molar-refractivity contribution in [3.63, 3.8) is 0 Å². The van der Waals surface area contributed by atoms with Crippen molar-refractivity contribution in [1.82, 2.24) is 10.2 Å². The zero-order valence-corrected chi connectivity index (χ0v) is 7.25. The molecule has 1 unspecified atom stereocenters. The molecule has 0 spiro atoms. The monoisotopic (exact) mass is 172 g/mol. The van der Waals surface area contributed by atoms with E-state index in [1.165, 1.54) is 0 Å². The fraction of sp³-hybridized carbons (Fsp3) is 1.00. The Hall–Kier alpha value is -0.160. The molecule has 2 N–H and O–H groups in total. The lowest BCUT2D eigenvalue weighted by molar-refractivity contribution is -0.269. The molecule has 2 heterocycles. The summed E-state index contributed by atoms with van der Waals surface area (Å²) in [5, 5.41) is 13.2. The topological polar surface area (TPSA) is 44.7 Å². The lowest BCUT2D eigenvalue weighted by Crippen LogP contribution is -2.56. The number of ether oxygens (including phenoxy) is 1. The quantitative estimate of drug-likeness (QED) is 0.551. The van der Waals surface area contributed by atoms with Gasteiger partial charge in [0.2, 0.25) is 5.91 Å². The van der Waals surface area contributed by atoms with Gasteiger partial charge < -0.3 is 15.2 Å². The minimum absolute atomic E-state index is 0.695. The Bertz CT molecular complexity index is 151. The van der Waals surface area contributed by atoms with Gasteiger partial charge in [0, 0.05) is 32.6 Å². The van der Waals surface area contributed by atoms with Crippen LogP contribution >= 0.6 is 0 Å². The molecule has 0 saturated carbocycles. The summed E-state index contributed by atoms with van der Waals surface area (Å²) in [6.07, 6.45) is 1.73. The predicted octanol–water partition coefficient (Wildman–Crippen LogP) is -0.652. The van der Waals surface area contributed by atoms with Gasteiger partial charge in [-0.3, -0.25) is 4.90 Å². The smallest absolute Gasteiger partial charge is 0.227 e. The van der Waals surface area contributed by atoms with Crippen LogP contribution in [0.25, 0.3) is 0 Å². The zero-order valence-electron chi connectivity index (χ0n) is 7.25. The number of nitrogens with one attached hydrogen (secondary N) is 1.